The van der Waals surface area contributed by atoms with Gasteiger partial charge in [-0.3, -0.25) is 14.3 Å². The van der Waals surface area contributed by atoms with Crippen LogP contribution >= 0.6 is 0 Å². The van der Waals surface area contributed by atoms with Crippen molar-refractivity contribution < 1.29 is 14.3 Å². The van der Waals surface area contributed by atoms with E-state index in [9.17, 15) is 9.59 Å². The van der Waals surface area contributed by atoms with E-state index >= 15 is 0 Å². The van der Waals surface area contributed by atoms with Crippen molar-refractivity contribution in [1.82, 2.24) is 24.6 Å². The van der Waals surface area contributed by atoms with Gasteiger partial charge in [0.2, 0.25) is 5.91 Å². The van der Waals surface area contributed by atoms with Gasteiger partial charge in [-0.05, 0) is 52.9 Å². The minimum Gasteiger partial charge on any atom is -0.497 e. The van der Waals surface area contributed by atoms with Crippen molar-refractivity contribution >= 4 is 28.3 Å². The zero-order valence-electron chi connectivity index (χ0n) is 21.4. The lowest BCUT2D eigenvalue weighted by molar-refractivity contribution is -0.129. The molecular weight excluding hydrogens is 466 g/mol. The first-order valence-corrected chi connectivity index (χ1v) is 12.4. The van der Waals surface area contributed by atoms with Gasteiger partial charge in [0.05, 0.1) is 26.3 Å². The van der Waals surface area contributed by atoms with Crippen molar-refractivity contribution in [2.75, 3.05) is 34.3 Å². The predicted molar refractivity (Wildman–Crippen MR) is 144 cm³/mol. The van der Waals surface area contributed by atoms with Crippen LogP contribution in [0.1, 0.15) is 33.6 Å². The van der Waals surface area contributed by atoms with E-state index in [1.165, 1.54) is 0 Å². The first-order valence-electron chi connectivity index (χ1n) is 12.4. The molecule has 0 radical (unpaired) electrons. The van der Waals surface area contributed by atoms with Crippen LogP contribution in [-0.4, -0.2) is 70.7 Å². The summed E-state index contributed by atoms with van der Waals surface area (Å²) in [4.78, 5) is 32.2. The van der Waals surface area contributed by atoms with E-state index in [4.69, 9.17) is 4.74 Å². The van der Waals surface area contributed by atoms with Crippen LogP contribution in [0.15, 0.2) is 67.0 Å². The third-order valence-corrected chi connectivity index (χ3v) is 6.68. The molecule has 0 spiro atoms. The van der Waals surface area contributed by atoms with Gasteiger partial charge in [-0.25, -0.2) is 0 Å². The standard InChI is InChI=1S/C29H31N5O3/c1-32(2)29(36)27-15-23-9-8-22(14-26(23)31-27)24-5-4-12-33(19-24)28(35)13-21-16-30-34(18-21)17-20-6-10-25(37-3)11-7-20/h5-11,14-16,18,31H,4,12-13,17,19H2,1-3H3. The smallest absolute Gasteiger partial charge is 0.269 e. The maximum atomic E-state index is 13.1. The van der Waals surface area contributed by atoms with E-state index in [-0.39, 0.29) is 11.8 Å². The van der Waals surface area contributed by atoms with Crippen molar-refractivity contribution in [2.45, 2.75) is 19.4 Å². The number of H-pyrrole nitrogens is 1. The molecule has 0 unspecified atom stereocenters. The van der Waals surface area contributed by atoms with Gasteiger partial charge in [0, 0.05) is 44.3 Å². The summed E-state index contributed by atoms with van der Waals surface area (Å²) < 4.78 is 7.07. The number of fused-ring (bicyclic) bond motifs is 1. The van der Waals surface area contributed by atoms with Crippen LogP contribution in [0.4, 0.5) is 0 Å². The summed E-state index contributed by atoms with van der Waals surface area (Å²) in [6.45, 7) is 1.90. The summed E-state index contributed by atoms with van der Waals surface area (Å²) in [5.74, 6) is 0.857. The minimum absolute atomic E-state index is 0.0567. The fourth-order valence-corrected chi connectivity index (χ4v) is 4.64. The maximum Gasteiger partial charge on any atom is 0.269 e. The SMILES string of the molecule is COc1ccc(Cn2cc(CC(=O)N3CCC=C(c4ccc5cc(C(=O)N(C)C)[nH]c5c4)C3)cn2)cc1. The average molecular weight is 498 g/mol. The van der Waals surface area contributed by atoms with E-state index in [2.05, 4.69) is 28.3 Å². The number of nitrogens with one attached hydrogen (secondary N) is 1. The van der Waals surface area contributed by atoms with Crippen molar-refractivity contribution in [3.8, 4) is 5.75 Å². The van der Waals surface area contributed by atoms with E-state index in [0.717, 1.165) is 45.3 Å². The molecule has 1 aliphatic rings. The first-order chi connectivity index (χ1) is 17.9. The lowest BCUT2D eigenvalue weighted by Crippen LogP contribution is -2.36. The van der Waals surface area contributed by atoms with Gasteiger partial charge in [-0.15, -0.1) is 0 Å². The summed E-state index contributed by atoms with van der Waals surface area (Å²) in [7, 11) is 5.13. The second-order valence-electron chi connectivity index (χ2n) is 9.59. The molecule has 190 valence electrons. The van der Waals surface area contributed by atoms with E-state index in [0.29, 0.717) is 31.7 Å². The largest absolute Gasteiger partial charge is 0.497 e. The number of nitrogens with zero attached hydrogens (tertiary/aromatic N) is 4. The Morgan fingerprint density at radius 2 is 1.89 bits per heavy atom. The topological polar surface area (TPSA) is 83.5 Å². The fourth-order valence-electron chi connectivity index (χ4n) is 4.64. The Kier molecular flexibility index (Phi) is 6.81. The number of rotatable bonds is 7. The molecule has 0 atom stereocenters. The molecule has 0 bridgehead atoms. The summed E-state index contributed by atoms with van der Waals surface area (Å²) in [5, 5.41) is 5.43. The molecule has 0 saturated carbocycles. The number of hydrogen-bond donors (Lipinski definition) is 1. The highest BCUT2D eigenvalue weighted by Gasteiger charge is 2.20. The maximum absolute atomic E-state index is 13.1. The van der Waals surface area contributed by atoms with Crippen molar-refractivity contribution in [1.29, 1.82) is 0 Å². The molecule has 1 N–H and O–H groups in total. The van der Waals surface area contributed by atoms with Crippen molar-refractivity contribution in [3.05, 3.63) is 89.4 Å². The van der Waals surface area contributed by atoms with Crippen LogP contribution < -0.4 is 4.74 Å². The van der Waals surface area contributed by atoms with Crippen molar-refractivity contribution in [2.24, 2.45) is 0 Å². The number of benzene rings is 2. The molecule has 37 heavy (non-hydrogen) atoms. The van der Waals surface area contributed by atoms with Crippen molar-refractivity contribution in [3.63, 3.8) is 0 Å². The molecule has 1 aliphatic heterocycles. The summed E-state index contributed by atoms with van der Waals surface area (Å²) in [5.41, 5.74) is 5.68. The number of ether oxygens (including phenoxy) is 1. The van der Waals surface area contributed by atoms with Gasteiger partial charge in [-0.1, -0.05) is 30.3 Å². The molecule has 2 amide bonds. The minimum atomic E-state index is -0.0567. The molecule has 2 aromatic heterocycles. The molecule has 8 nitrogen and oxygen atoms in total. The second kappa shape index (κ2) is 10.3. The molecule has 0 saturated heterocycles. The third kappa shape index (κ3) is 5.43. The van der Waals surface area contributed by atoms with Gasteiger partial charge in [-0.2, -0.15) is 5.10 Å². The number of aromatic nitrogens is 3. The van der Waals surface area contributed by atoms with Gasteiger partial charge < -0.3 is 19.5 Å². The molecule has 3 heterocycles. The highest BCUT2D eigenvalue weighted by molar-refractivity contribution is 5.98. The van der Waals surface area contributed by atoms with Gasteiger partial charge >= 0.3 is 0 Å². The van der Waals surface area contributed by atoms with Crippen LogP contribution in [0.5, 0.6) is 5.75 Å². The zero-order valence-corrected chi connectivity index (χ0v) is 21.4. The quantitative estimate of drug-likeness (QED) is 0.419. The van der Waals surface area contributed by atoms with Crippen LogP contribution in [-0.2, 0) is 17.8 Å². The van der Waals surface area contributed by atoms with E-state index < -0.39 is 0 Å². The number of carbonyl (C=O) groups is 2. The first kappa shape index (κ1) is 24.4. The molecule has 0 fully saturated rings. The monoisotopic (exact) mass is 497 g/mol. The van der Waals surface area contributed by atoms with Crippen LogP contribution in [0.25, 0.3) is 16.5 Å². The number of methoxy groups -OCH3 is 1. The Labute approximate surface area is 216 Å². The molecule has 2 aromatic carbocycles. The van der Waals surface area contributed by atoms with E-state index in [1.54, 1.807) is 32.3 Å². The molecular formula is C29H31N5O3. The van der Waals surface area contributed by atoms with E-state index in [1.807, 2.05) is 52.2 Å². The summed E-state index contributed by atoms with van der Waals surface area (Å²) in [6, 6.07) is 15.9. The van der Waals surface area contributed by atoms with Crippen LogP contribution in [0.3, 0.4) is 0 Å². The van der Waals surface area contributed by atoms with Crippen LogP contribution in [0, 0.1) is 0 Å². The summed E-state index contributed by atoms with van der Waals surface area (Å²) in [6.07, 6.45) is 7.04. The van der Waals surface area contributed by atoms with Gasteiger partial charge in [0.15, 0.2) is 0 Å². The summed E-state index contributed by atoms with van der Waals surface area (Å²) >= 11 is 0. The molecule has 5 rings (SSSR count). The number of aromatic amines is 1. The number of hydrogen-bond acceptors (Lipinski definition) is 4. The van der Waals surface area contributed by atoms with Gasteiger partial charge in [0.1, 0.15) is 11.4 Å². The second-order valence-corrected chi connectivity index (χ2v) is 9.59. The number of amides is 2. The Morgan fingerprint density at radius 1 is 1.08 bits per heavy atom. The predicted octanol–water partition coefficient (Wildman–Crippen LogP) is 3.98. The fraction of sp³-hybridized carbons (Fsp3) is 0.276. The molecule has 8 heteroatoms. The Hall–Kier alpha value is -4.33. The Morgan fingerprint density at radius 3 is 2.65 bits per heavy atom. The highest BCUT2D eigenvalue weighted by Crippen LogP contribution is 2.26. The highest BCUT2D eigenvalue weighted by atomic mass is 16.5. The van der Waals surface area contributed by atoms with Crippen LogP contribution in [0.2, 0.25) is 0 Å². The number of carbonyl (C=O) groups excluding carboxylic acids is 2. The Bertz CT molecular complexity index is 1460. The normalized spacial score (nSPS) is 13.5. The van der Waals surface area contributed by atoms with Gasteiger partial charge in [0.25, 0.3) is 5.91 Å². The average Bonchev–Trinajstić information content (AvgIpc) is 3.54. The lowest BCUT2D eigenvalue weighted by Gasteiger charge is -2.27. The molecule has 0 aliphatic carbocycles. The molecule has 4 aromatic rings. The lowest BCUT2D eigenvalue weighted by atomic mass is 9.99. The Balaban J connectivity index is 1.23. The zero-order chi connectivity index (χ0) is 25.9. The third-order valence-electron chi connectivity index (χ3n) is 6.68.